The van der Waals surface area contributed by atoms with E-state index < -0.39 is 0 Å². The summed E-state index contributed by atoms with van der Waals surface area (Å²) in [5.41, 5.74) is 11.3. The molecule has 0 saturated heterocycles. The predicted molar refractivity (Wildman–Crippen MR) is 88.3 cm³/mol. The molecule has 3 aromatic carbocycles. The molecule has 0 unspecified atom stereocenters. The average Bonchev–Trinajstić information content (AvgIpc) is 2.56. The maximum atomic E-state index is 5.77. The monoisotopic (exact) mass is 275 g/mol. The fourth-order valence-corrected chi connectivity index (χ4v) is 2.42. The second-order valence-electron chi connectivity index (χ2n) is 4.90. The highest BCUT2D eigenvalue weighted by atomic mass is 16.5. The standard InChI is InChI=1S/C19H17NO/c1-21-17-12-8-15(9-13-17)19-5-3-2-4-18(19)14-6-10-16(20)11-7-14/h2-13H,20H2,1H3. The van der Waals surface area contributed by atoms with Crippen molar-refractivity contribution in [3.63, 3.8) is 0 Å². The van der Waals surface area contributed by atoms with Crippen LogP contribution in [0.3, 0.4) is 0 Å². The highest BCUT2D eigenvalue weighted by Gasteiger charge is 2.06. The third-order valence-corrected chi connectivity index (χ3v) is 3.55. The van der Waals surface area contributed by atoms with Gasteiger partial charge in [-0.15, -0.1) is 0 Å². The van der Waals surface area contributed by atoms with E-state index in [2.05, 4.69) is 48.5 Å². The molecule has 0 amide bonds. The predicted octanol–water partition coefficient (Wildman–Crippen LogP) is 4.61. The number of benzene rings is 3. The lowest BCUT2D eigenvalue weighted by molar-refractivity contribution is 0.415. The molecule has 0 aromatic heterocycles. The van der Waals surface area contributed by atoms with Gasteiger partial charge in [-0.2, -0.15) is 0 Å². The van der Waals surface area contributed by atoms with Crippen LogP contribution in [-0.4, -0.2) is 7.11 Å². The summed E-state index contributed by atoms with van der Waals surface area (Å²) in [6, 6.07) is 24.5. The highest BCUT2D eigenvalue weighted by Crippen LogP contribution is 2.33. The van der Waals surface area contributed by atoms with Crippen LogP contribution in [0.4, 0.5) is 5.69 Å². The lowest BCUT2D eigenvalue weighted by atomic mass is 9.94. The Hall–Kier alpha value is -2.74. The smallest absolute Gasteiger partial charge is 0.118 e. The van der Waals surface area contributed by atoms with Crippen molar-refractivity contribution in [2.45, 2.75) is 0 Å². The lowest BCUT2D eigenvalue weighted by Crippen LogP contribution is -1.88. The summed E-state index contributed by atoms with van der Waals surface area (Å²) >= 11 is 0. The van der Waals surface area contributed by atoms with Gasteiger partial charge in [0.25, 0.3) is 0 Å². The normalized spacial score (nSPS) is 10.3. The van der Waals surface area contributed by atoms with E-state index in [1.165, 1.54) is 16.7 Å². The molecule has 0 aliphatic heterocycles. The number of nitrogen functional groups attached to an aromatic ring is 1. The Morgan fingerprint density at radius 1 is 0.667 bits per heavy atom. The van der Waals surface area contributed by atoms with Crippen LogP contribution < -0.4 is 10.5 Å². The Balaban J connectivity index is 2.08. The molecule has 2 N–H and O–H groups in total. The van der Waals surface area contributed by atoms with Crippen LogP contribution in [0.15, 0.2) is 72.8 Å². The first-order valence-electron chi connectivity index (χ1n) is 6.87. The van der Waals surface area contributed by atoms with E-state index in [-0.39, 0.29) is 0 Å². The van der Waals surface area contributed by atoms with Gasteiger partial charge in [0.15, 0.2) is 0 Å². The Morgan fingerprint density at radius 3 is 1.62 bits per heavy atom. The molecule has 3 rings (SSSR count). The van der Waals surface area contributed by atoms with Crippen molar-refractivity contribution in [1.29, 1.82) is 0 Å². The highest BCUT2D eigenvalue weighted by molar-refractivity contribution is 5.83. The van der Waals surface area contributed by atoms with Gasteiger partial charge in [0, 0.05) is 5.69 Å². The number of methoxy groups -OCH3 is 1. The summed E-state index contributed by atoms with van der Waals surface area (Å²) < 4.78 is 5.22. The van der Waals surface area contributed by atoms with E-state index in [1.807, 2.05) is 24.3 Å². The van der Waals surface area contributed by atoms with Crippen LogP contribution in [0.1, 0.15) is 0 Å². The molecule has 0 aliphatic carbocycles. The van der Waals surface area contributed by atoms with E-state index in [0.717, 1.165) is 17.0 Å². The minimum atomic E-state index is 0.778. The maximum Gasteiger partial charge on any atom is 0.118 e. The Kier molecular flexibility index (Phi) is 3.61. The first-order valence-corrected chi connectivity index (χ1v) is 6.87. The fraction of sp³-hybridized carbons (Fsp3) is 0.0526. The fourth-order valence-electron chi connectivity index (χ4n) is 2.42. The minimum Gasteiger partial charge on any atom is -0.497 e. The van der Waals surface area contributed by atoms with Crippen molar-refractivity contribution in [3.8, 4) is 28.0 Å². The molecule has 2 nitrogen and oxygen atoms in total. The second-order valence-corrected chi connectivity index (χ2v) is 4.90. The molecule has 0 aliphatic rings. The number of hydrogen-bond donors (Lipinski definition) is 1. The van der Waals surface area contributed by atoms with Crippen molar-refractivity contribution in [3.05, 3.63) is 72.8 Å². The van der Waals surface area contributed by atoms with Crippen molar-refractivity contribution in [2.75, 3.05) is 12.8 Å². The minimum absolute atomic E-state index is 0.778. The zero-order valence-corrected chi connectivity index (χ0v) is 11.9. The molecule has 21 heavy (non-hydrogen) atoms. The SMILES string of the molecule is COc1ccc(-c2ccccc2-c2ccc(N)cc2)cc1. The molecule has 0 saturated carbocycles. The Labute approximate surface area is 124 Å². The molecule has 104 valence electrons. The molecule has 2 heteroatoms. The summed E-state index contributed by atoms with van der Waals surface area (Å²) in [6.07, 6.45) is 0. The van der Waals surface area contributed by atoms with Gasteiger partial charge in [0.05, 0.1) is 7.11 Å². The molecular weight excluding hydrogens is 258 g/mol. The van der Waals surface area contributed by atoms with Crippen molar-refractivity contribution < 1.29 is 4.74 Å². The first-order chi connectivity index (χ1) is 10.3. The summed E-state index contributed by atoms with van der Waals surface area (Å²) in [7, 11) is 1.68. The molecule has 0 radical (unpaired) electrons. The van der Waals surface area contributed by atoms with Gasteiger partial charge >= 0.3 is 0 Å². The molecule has 0 spiro atoms. The number of nitrogens with two attached hydrogens (primary N) is 1. The van der Waals surface area contributed by atoms with E-state index in [9.17, 15) is 0 Å². The number of ether oxygens (including phenoxy) is 1. The Morgan fingerprint density at radius 2 is 1.14 bits per heavy atom. The van der Waals surface area contributed by atoms with Crippen LogP contribution >= 0.6 is 0 Å². The maximum absolute atomic E-state index is 5.77. The first kappa shape index (κ1) is 13.3. The largest absolute Gasteiger partial charge is 0.497 e. The second kappa shape index (κ2) is 5.71. The van der Waals surface area contributed by atoms with E-state index in [4.69, 9.17) is 10.5 Å². The van der Waals surface area contributed by atoms with Crippen molar-refractivity contribution in [1.82, 2.24) is 0 Å². The van der Waals surface area contributed by atoms with Crippen LogP contribution in [0.25, 0.3) is 22.3 Å². The van der Waals surface area contributed by atoms with Gasteiger partial charge in [0.1, 0.15) is 5.75 Å². The zero-order valence-electron chi connectivity index (χ0n) is 11.9. The molecule has 0 atom stereocenters. The molecular formula is C19H17NO. The third-order valence-electron chi connectivity index (χ3n) is 3.55. The third kappa shape index (κ3) is 2.75. The van der Waals surface area contributed by atoms with Gasteiger partial charge in [-0.1, -0.05) is 48.5 Å². The summed E-state index contributed by atoms with van der Waals surface area (Å²) in [5, 5.41) is 0. The van der Waals surface area contributed by atoms with Crippen LogP contribution in [0.2, 0.25) is 0 Å². The number of rotatable bonds is 3. The molecule has 0 fully saturated rings. The molecule has 0 heterocycles. The van der Waals surface area contributed by atoms with Gasteiger partial charge in [-0.3, -0.25) is 0 Å². The van der Waals surface area contributed by atoms with Crippen molar-refractivity contribution >= 4 is 5.69 Å². The van der Waals surface area contributed by atoms with Crippen LogP contribution in [-0.2, 0) is 0 Å². The molecule has 3 aromatic rings. The van der Waals surface area contributed by atoms with Crippen LogP contribution in [0, 0.1) is 0 Å². The van der Waals surface area contributed by atoms with Gasteiger partial charge in [0.2, 0.25) is 0 Å². The van der Waals surface area contributed by atoms with E-state index in [1.54, 1.807) is 7.11 Å². The average molecular weight is 275 g/mol. The van der Waals surface area contributed by atoms with Gasteiger partial charge in [-0.05, 0) is 46.5 Å². The quantitative estimate of drug-likeness (QED) is 0.708. The van der Waals surface area contributed by atoms with Crippen LogP contribution in [0.5, 0.6) is 5.75 Å². The van der Waals surface area contributed by atoms with E-state index >= 15 is 0 Å². The topological polar surface area (TPSA) is 35.2 Å². The van der Waals surface area contributed by atoms with Gasteiger partial charge < -0.3 is 10.5 Å². The zero-order chi connectivity index (χ0) is 14.7. The number of anilines is 1. The Bertz CT molecular complexity index is 730. The van der Waals surface area contributed by atoms with E-state index in [0.29, 0.717) is 0 Å². The van der Waals surface area contributed by atoms with Crippen molar-refractivity contribution in [2.24, 2.45) is 0 Å². The lowest BCUT2D eigenvalue weighted by Gasteiger charge is -2.11. The molecule has 0 bridgehead atoms. The number of hydrogen-bond acceptors (Lipinski definition) is 2. The summed E-state index contributed by atoms with van der Waals surface area (Å²) in [6.45, 7) is 0. The van der Waals surface area contributed by atoms with Gasteiger partial charge in [-0.25, -0.2) is 0 Å². The summed E-state index contributed by atoms with van der Waals surface area (Å²) in [4.78, 5) is 0. The summed E-state index contributed by atoms with van der Waals surface area (Å²) in [5.74, 6) is 0.865.